The van der Waals surface area contributed by atoms with Gasteiger partial charge in [-0.3, -0.25) is 19.7 Å². The van der Waals surface area contributed by atoms with Crippen molar-refractivity contribution in [1.82, 2.24) is 9.80 Å². The number of nitro benzene ring substituents is 1. The number of rotatable bonds is 6. The molecule has 2 aromatic carbocycles. The first kappa shape index (κ1) is 22.2. The van der Waals surface area contributed by atoms with Crippen LogP contribution in [0.4, 0.5) is 5.69 Å². The van der Waals surface area contributed by atoms with E-state index in [0.717, 1.165) is 11.1 Å². The number of carbonyl (C=O) groups is 2. The van der Waals surface area contributed by atoms with Gasteiger partial charge in [0, 0.05) is 26.6 Å². The highest BCUT2D eigenvalue weighted by molar-refractivity contribution is 6.09. The Morgan fingerprint density at radius 1 is 1.03 bits per heavy atom. The summed E-state index contributed by atoms with van der Waals surface area (Å²) in [4.78, 5) is 41.0. The SMILES string of the molecule is CCc1cccc([N+](=O)[O-])c1C=C1C(=O)N(C)C(CC)(Cc2ccccc2)C(=O)N1C. The molecule has 0 radical (unpaired) electrons. The van der Waals surface area contributed by atoms with Gasteiger partial charge in [0.15, 0.2) is 0 Å². The Kier molecular flexibility index (Phi) is 6.24. The van der Waals surface area contributed by atoms with Crippen molar-refractivity contribution < 1.29 is 14.5 Å². The fraction of sp³-hybridized carbons (Fsp3) is 0.333. The second-order valence-corrected chi connectivity index (χ2v) is 7.77. The zero-order chi connectivity index (χ0) is 22.8. The summed E-state index contributed by atoms with van der Waals surface area (Å²) >= 11 is 0. The molecular formula is C24H27N3O4. The maximum atomic E-state index is 13.6. The van der Waals surface area contributed by atoms with E-state index in [2.05, 4.69) is 0 Å². The van der Waals surface area contributed by atoms with Crippen LogP contribution in [0.1, 0.15) is 37.0 Å². The monoisotopic (exact) mass is 421 g/mol. The van der Waals surface area contributed by atoms with Crippen molar-refractivity contribution in [2.24, 2.45) is 0 Å². The lowest BCUT2D eigenvalue weighted by atomic mass is 9.82. The minimum absolute atomic E-state index is 0.0836. The van der Waals surface area contributed by atoms with Gasteiger partial charge < -0.3 is 9.80 Å². The minimum Gasteiger partial charge on any atom is -0.325 e. The Balaban J connectivity index is 2.10. The third kappa shape index (κ3) is 3.83. The second kappa shape index (κ2) is 8.71. The number of hydrogen-bond donors (Lipinski definition) is 0. The van der Waals surface area contributed by atoms with E-state index in [-0.39, 0.29) is 23.2 Å². The molecule has 2 aromatic rings. The first-order chi connectivity index (χ1) is 14.8. The Morgan fingerprint density at radius 3 is 2.29 bits per heavy atom. The summed E-state index contributed by atoms with van der Waals surface area (Å²) in [6.07, 6.45) is 2.90. The van der Waals surface area contributed by atoms with Crippen molar-refractivity contribution in [2.75, 3.05) is 14.1 Å². The van der Waals surface area contributed by atoms with E-state index in [9.17, 15) is 19.7 Å². The van der Waals surface area contributed by atoms with Gasteiger partial charge in [-0.1, -0.05) is 56.3 Å². The van der Waals surface area contributed by atoms with E-state index >= 15 is 0 Å². The largest absolute Gasteiger partial charge is 0.325 e. The van der Waals surface area contributed by atoms with Gasteiger partial charge in [-0.2, -0.15) is 0 Å². The van der Waals surface area contributed by atoms with Crippen LogP contribution in [-0.2, 0) is 22.4 Å². The highest BCUT2D eigenvalue weighted by atomic mass is 16.6. The molecule has 0 N–H and O–H groups in total. The van der Waals surface area contributed by atoms with Crippen LogP contribution in [0.15, 0.2) is 54.2 Å². The van der Waals surface area contributed by atoms with Gasteiger partial charge in [0.25, 0.3) is 17.5 Å². The molecule has 7 nitrogen and oxygen atoms in total. The van der Waals surface area contributed by atoms with Crippen LogP contribution in [0.2, 0.25) is 0 Å². The predicted molar refractivity (Wildman–Crippen MR) is 119 cm³/mol. The molecule has 0 aromatic heterocycles. The van der Waals surface area contributed by atoms with Crippen LogP contribution >= 0.6 is 0 Å². The van der Waals surface area contributed by atoms with Crippen molar-refractivity contribution in [1.29, 1.82) is 0 Å². The fourth-order valence-electron chi connectivity index (χ4n) is 4.24. The Labute approximate surface area is 182 Å². The average molecular weight is 421 g/mol. The Hall–Kier alpha value is -3.48. The zero-order valence-corrected chi connectivity index (χ0v) is 18.3. The van der Waals surface area contributed by atoms with Gasteiger partial charge >= 0.3 is 0 Å². The molecule has 0 bridgehead atoms. The Morgan fingerprint density at radius 2 is 1.71 bits per heavy atom. The predicted octanol–water partition coefficient (Wildman–Crippen LogP) is 3.82. The molecular weight excluding hydrogens is 394 g/mol. The molecule has 1 saturated heterocycles. The van der Waals surface area contributed by atoms with Crippen LogP contribution in [0.25, 0.3) is 6.08 Å². The van der Waals surface area contributed by atoms with Gasteiger partial charge in [0.1, 0.15) is 11.2 Å². The Bertz CT molecular complexity index is 1050. The van der Waals surface area contributed by atoms with Gasteiger partial charge in [0.05, 0.1) is 10.5 Å². The molecule has 7 heteroatoms. The highest BCUT2D eigenvalue weighted by Crippen LogP contribution is 2.35. The number of carbonyl (C=O) groups excluding carboxylic acids is 2. The third-order valence-corrected chi connectivity index (χ3v) is 6.19. The summed E-state index contributed by atoms with van der Waals surface area (Å²) in [5.41, 5.74) is 1.10. The lowest BCUT2D eigenvalue weighted by molar-refractivity contribution is -0.385. The van der Waals surface area contributed by atoms with Crippen molar-refractivity contribution >= 4 is 23.6 Å². The van der Waals surface area contributed by atoms with E-state index in [1.165, 1.54) is 21.9 Å². The summed E-state index contributed by atoms with van der Waals surface area (Å²) in [6, 6.07) is 14.4. The highest BCUT2D eigenvalue weighted by Gasteiger charge is 2.50. The lowest BCUT2D eigenvalue weighted by Crippen LogP contribution is -2.65. The number of piperazine rings is 1. The van der Waals surface area contributed by atoms with Crippen LogP contribution < -0.4 is 0 Å². The summed E-state index contributed by atoms with van der Waals surface area (Å²) in [5.74, 6) is -0.538. The fourth-order valence-corrected chi connectivity index (χ4v) is 4.24. The molecule has 0 spiro atoms. The molecule has 1 heterocycles. The van der Waals surface area contributed by atoms with Crippen LogP contribution in [0.3, 0.4) is 0 Å². The molecule has 162 valence electrons. The quantitative estimate of drug-likeness (QED) is 0.403. The van der Waals surface area contributed by atoms with E-state index in [0.29, 0.717) is 24.8 Å². The standard InChI is InChI=1S/C24H27N3O4/c1-5-18-13-10-14-20(27(30)31)19(18)15-21-22(28)26(4)24(6-2,23(29)25(21)3)16-17-11-8-7-9-12-17/h7-15H,5-6,16H2,1-4H3. The molecule has 1 unspecified atom stereocenters. The first-order valence-electron chi connectivity index (χ1n) is 10.3. The maximum absolute atomic E-state index is 13.6. The number of benzene rings is 2. The molecule has 2 amide bonds. The summed E-state index contributed by atoms with van der Waals surface area (Å²) < 4.78 is 0. The number of nitro groups is 1. The van der Waals surface area contributed by atoms with Crippen molar-refractivity contribution in [3.8, 4) is 0 Å². The molecule has 1 aliphatic rings. The van der Waals surface area contributed by atoms with Gasteiger partial charge in [-0.05, 0) is 30.0 Å². The van der Waals surface area contributed by atoms with E-state index in [4.69, 9.17) is 0 Å². The third-order valence-electron chi connectivity index (χ3n) is 6.19. The molecule has 1 atom stereocenters. The van der Waals surface area contributed by atoms with Crippen LogP contribution in [-0.4, -0.2) is 46.2 Å². The lowest BCUT2D eigenvalue weighted by Gasteiger charge is -2.47. The molecule has 3 rings (SSSR count). The minimum atomic E-state index is -1.01. The van der Waals surface area contributed by atoms with Crippen molar-refractivity contribution in [3.05, 3.63) is 81.0 Å². The molecule has 1 fully saturated rings. The summed E-state index contributed by atoms with van der Waals surface area (Å²) in [6.45, 7) is 3.79. The van der Waals surface area contributed by atoms with Crippen LogP contribution in [0.5, 0.6) is 0 Å². The molecule has 0 saturated carbocycles. The smallest absolute Gasteiger partial charge is 0.276 e. The topological polar surface area (TPSA) is 83.8 Å². The van der Waals surface area contributed by atoms with Gasteiger partial charge in [0.2, 0.25) is 0 Å². The maximum Gasteiger partial charge on any atom is 0.276 e. The van der Waals surface area contributed by atoms with Crippen molar-refractivity contribution in [2.45, 2.75) is 38.6 Å². The van der Waals surface area contributed by atoms with E-state index in [1.54, 1.807) is 26.2 Å². The van der Waals surface area contributed by atoms with Gasteiger partial charge in [-0.25, -0.2) is 0 Å². The molecule has 0 aliphatic carbocycles. The average Bonchev–Trinajstić information content (AvgIpc) is 2.78. The number of likely N-dealkylation sites (N-methyl/N-ethyl adjacent to an activating group) is 2. The van der Waals surface area contributed by atoms with Crippen molar-refractivity contribution in [3.63, 3.8) is 0 Å². The summed E-state index contributed by atoms with van der Waals surface area (Å²) in [5, 5.41) is 11.6. The normalized spacial score (nSPS) is 20.5. The first-order valence-corrected chi connectivity index (χ1v) is 10.3. The van der Waals surface area contributed by atoms with Gasteiger partial charge in [-0.15, -0.1) is 0 Å². The van der Waals surface area contributed by atoms with E-state index in [1.807, 2.05) is 44.2 Å². The van der Waals surface area contributed by atoms with Crippen LogP contribution in [0, 0.1) is 10.1 Å². The number of nitrogens with zero attached hydrogens (tertiary/aromatic N) is 3. The molecule has 1 aliphatic heterocycles. The number of amides is 2. The number of aryl methyl sites for hydroxylation is 1. The summed E-state index contributed by atoms with van der Waals surface area (Å²) in [7, 11) is 3.20. The zero-order valence-electron chi connectivity index (χ0n) is 18.3. The molecule has 31 heavy (non-hydrogen) atoms. The number of hydrogen-bond acceptors (Lipinski definition) is 4. The second-order valence-electron chi connectivity index (χ2n) is 7.77. The van der Waals surface area contributed by atoms with E-state index < -0.39 is 10.5 Å².